The number of methoxy groups -OCH3 is 1. The molecule has 1 aliphatic heterocycles. The van der Waals surface area contributed by atoms with Crippen molar-refractivity contribution in [2.75, 3.05) is 25.5 Å². The van der Waals surface area contributed by atoms with Gasteiger partial charge in [0, 0.05) is 12.6 Å². The van der Waals surface area contributed by atoms with Crippen molar-refractivity contribution in [1.29, 1.82) is 0 Å². The highest BCUT2D eigenvalue weighted by molar-refractivity contribution is 5.89. The van der Waals surface area contributed by atoms with Gasteiger partial charge in [0.15, 0.2) is 0 Å². The predicted molar refractivity (Wildman–Crippen MR) is 76.0 cm³/mol. The Morgan fingerprint density at radius 2 is 2.30 bits per heavy atom. The molecule has 2 heterocycles. The van der Waals surface area contributed by atoms with E-state index in [9.17, 15) is 4.79 Å². The van der Waals surface area contributed by atoms with Crippen molar-refractivity contribution < 1.29 is 14.3 Å². The number of hydrogen-bond donors (Lipinski definition) is 1. The van der Waals surface area contributed by atoms with Gasteiger partial charge in [-0.1, -0.05) is 0 Å². The minimum atomic E-state index is -0.326. The molecule has 2 amide bonds. The quantitative estimate of drug-likeness (QED) is 0.900. The van der Waals surface area contributed by atoms with Crippen molar-refractivity contribution >= 4 is 11.7 Å². The van der Waals surface area contributed by atoms with E-state index >= 15 is 0 Å². The van der Waals surface area contributed by atoms with E-state index in [4.69, 9.17) is 9.47 Å². The number of hydrogen-bond acceptors (Lipinski definition) is 4. The first-order valence-corrected chi connectivity index (χ1v) is 6.63. The van der Waals surface area contributed by atoms with Gasteiger partial charge < -0.3 is 19.7 Å². The molecule has 1 N–H and O–H groups in total. The normalized spacial score (nSPS) is 21.4. The zero-order valence-corrected chi connectivity index (χ0v) is 12.3. The standard InChI is InChI=1S/C14H21N3O3/c1-10-8-17(9-14(2,3)20-10)13(18)16-11-5-6-12(19-4)15-7-11/h5-7,10H,8-9H2,1-4H3,(H,16,18). The number of carbonyl (C=O) groups excluding carboxylic acids is 1. The van der Waals surface area contributed by atoms with E-state index < -0.39 is 0 Å². The summed E-state index contributed by atoms with van der Waals surface area (Å²) in [7, 11) is 1.55. The molecule has 2 rings (SSSR count). The number of morpholine rings is 1. The number of carbonyl (C=O) groups is 1. The minimum absolute atomic E-state index is 0.0264. The molecule has 0 aromatic carbocycles. The smallest absolute Gasteiger partial charge is 0.322 e. The van der Waals surface area contributed by atoms with Crippen LogP contribution in [0.2, 0.25) is 0 Å². The van der Waals surface area contributed by atoms with Crippen LogP contribution in [0.25, 0.3) is 0 Å². The monoisotopic (exact) mass is 279 g/mol. The number of rotatable bonds is 2. The Hall–Kier alpha value is -1.82. The van der Waals surface area contributed by atoms with Crippen molar-refractivity contribution in [3.05, 3.63) is 18.3 Å². The molecule has 110 valence electrons. The Bertz CT molecular complexity index is 473. The van der Waals surface area contributed by atoms with Gasteiger partial charge in [-0.25, -0.2) is 9.78 Å². The Morgan fingerprint density at radius 1 is 1.55 bits per heavy atom. The summed E-state index contributed by atoms with van der Waals surface area (Å²) < 4.78 is 10.8. The fourth-order valence-corrected chi connectivity index (χ4v) is 2.39. The molecule has 20 heavy (non-hydrogen) atoms. The van der Waals surface area contributed by atoms with E-state index in [-0.39, 0.29) is 17.7 Å². The molecule has 1 aliphatic rings. The molecule has 1 atom stereocenters. The van der Waals surface area contributed by atoms with Crippen LogP contribution < -0.4 is 10.1 Å². The Kier molecular flexibility index (Phi) is 4.13. The maximum Gasteiger partial charge on any atom is 0.322 e. The van der Waals surface area contributed by atoms with E-state index in [0.717, 1.165) is 0 Å². The van der Waals surface area contributed by atoms with Gasteiger partial charge in [0.1, 0.15) is 0 Å². The molecule has 1 aromatic rings. The Balaban J connectivity index is 2.00. The second kappa shape index (κ2) is 5.66. The molecule has 0 saturated carbocycles. The first kappa shape index (κ1) is 14.6. The average molecular weight is 279 g/mol. The first-order valence-electron chi connectivity index (χ1n) is 6.63. The molecule has 0 radical (unpaired) electrons. The van der Waals surface area contributed by atoms with E-state index in [1.165, 1.54) is 0 Å². The lowest BCUT2D eigenvalue weighted by Gasteiger charge is -2.41. The van der Waals surface area contributed by atoms with Gasteiger partial charge in [0.25, 0.3) is 0 Å². The maximum atomic E-state index is 12.3. The van der Waals surface area contributed by atoms with Crippen molar-refractivity contribution in [1.82, 2.24) is 9.88 Å². The van der Waals surface area contributed by atoms with Gasteiger partial charge in [0.05, 0.1) is 37.2 Å². The summed E-state index contributed by atoms with van der Waals surface area (Å²) >= 11 is 0. The zero-order valence-electron chi connectivity index (χ0n) is 12.3. The van der Waals surface area contributed by atoms with Crippen molar-refractivity contribution in [3.8, 4) is 5.88 Å². The SMILES string of the molecule is COc1ccc(NC(=O)N2CC(C)OC(C)(C)C2)cn1. The Labute approximate surface area is 119 Å². The second-order valence-electron chi connectivity index (χ2n) is 5.59. The molecule has 0 bridgehead atoms. The molecule has 6 nitrogen and oxygen atoms in total. The molecule has 6 heteroatoms. The van der Waals surface area contributed by atoms with Crippen LogP contribution in [0, 0.1) is 0 Å². The van der Waals surface area contributed by atoms with E-state index in [1.807, 2.05) is 20.8 Å². The molecule has 1 aromatic heterocycles. The summed E-state index contributed by atoms with van der Waals surface area (Å²) in [6, 6.07) is 3.33. The van der Waals surface area contributed by atoms with Crippen LogP contribution >= 0.6 is 0 Å². The van der Waals surface area contributed by atoms with Crippen LogP contribution in [-0.2, 0) is 4.74 Å². The highest BCUT2D eigenvalue weighted by atomic mass is 16.5. The average Bonchev–Trinajstić information content (AvgIpc) is 2.37. The van der Waals surface area contributed by atoms with Crippen LogP contribution in [0.15, 0.2) is 18.3 Å². The van der Waals surface area contributed by atoms with Gasteiger partial charge >= 0.3 is 6.03 Å². The number of nitrogens with zero attached hydrogens (tertiary/aromatic N) is 2. The molecular formula is C14H21N3O3. The van der Waals surface area contributed by atoms with Crippen LogP contribution in [-0.4, -0.2) is 47.8 Å². The second-order valence-corrected chi connectivity index (χ2v) is 5.59. The Morgan fingerprint density at radius 3 is 2.85 bits per heavy atom. The van der Waals surface area contributed by atoms with Crippen molar-refractivity contribution in [3.63, 3.8) is 0 Å². The molecule has 1 unspecified atom stereocenters. The van der Waals surface area contributed by atoms with Gasteiger partial charge in [-0.3, -0.25) is 0 Å². The number of ether oxygens (including phenoxy) is 2. The van der Waals surface area contributed by atoms with E-state index in [2.05, 4.69) is 10.3 Å². The lowest BCUT2D eigenvalue weighted by atomic mass is 10.1. The van der Waals surface area contributed by atoms with E-state index in [1.54, 1.807) is 30.3 Å². The largest absolute Gasteiger partial charge is 0.481 e. The number of amides is 2. The molecule has 0 spiro atoms. The summed E-state index contributed by atoms with van der Waals surface area (Å²) in [6.07, 6.45) is 1.60. The minimum Gasteiger partial charge on any atom is -0.481 e. The zero-order chi connectivity index (χ0) is 14.8. The highest BCUT2D eigenvalue weighted by Gasteiger charge is 2.33. The molecule has 1 fully saturated rings. The fraction of sp³-hybridized carbons (Fsp3) is 0.571. The van der Waals surface area contributed by atoms with Crippen molar-refractivity contribution in [2.45, 2.75) is 32.5 Å². The predicted octanol–water partition coefficient (Wildman–Crippen LogP) is 2.12. The number of aromatic nitrogens is 1. The third kappa shape index (κ3) is 3.60. The lowest BCUT2D eigenvalue weighted by Crippen LogP contribution is -2.54. The van der Waals surface area contributed by atoms with Crippen LogP contribution in [0.1, 0.15) is 20.8 Å². The fourth-order valence-electron chi connectivity index (χ4n) is 2.39. The summed E-state index contributed by atoms with van der Waals surface area (Å²) in [4.78, 5) is 18.1. The van der Waals surface area contributed by atoms with E-state index in [0.29, 0.717) is 24.7 Å². The summed E-state index contributed by atoms with van der Waals surface area (Å²) in [6.45, 7) is 7.08. The number of urea groups is 1. The summed E-state index contributed by atoms with van der Waals surface area (Å²) in [5.74, 6) is 0.518. The van der Waals surface area contributed by atoms with Crippen LogP contribution in [0.5, 0.6) is 5.88 Å². The number of nitrogens with one attached hydrogen (secondary N) is 1. The van der Waals surface area contributed by atoms with Crippen LogP contribution in [0.3, 0.4) is 0 Å². The first-order chi connectivity index (χ1) is 9.39. The van der Waals surface area contributed by atoms with Gasteiger partial charge in [-0.15, -0.1) is 0 Å². The van der Waals surface area contributed by atoms with Gasteiger partial charge in [0.2, 0.25) is 5.88 Å². The highest BCUT2D eigenvalue weighted by Crippen LogP contribution is 2.21. The van der Waals surface area contributed by atoms with Crippen molar-refractivity contribution in [2.24, 2.45) is 0 Å². The maximum absolute atomic E-state index is 12.3. The van der Waals surface area contributed by atoms with Gasteiger partial charge in [-0.2, -0.15) is 0 Å². The number of anilines is 1. The van der Waals surface area contributed by atoms with Crippen LogP contribution in [0.4, 0.5) is 10.5 Å². The molecule has 0 aliphatic carbocycles. The lowest BCUT2D eigenvalue weighted by molar-refractivity contribution is -0.116. The third-order valence-corrected chi connectivity index (χ3v) is 3.05. The molecular weight excluding hydrogens is 258 g/mol. The van der Waals surface area contributed by atoms with Gasteiger partial charge in [-0.05, 0) is 26.8 Å². The number of pyridine rings is 1. The molecule has 1 saturated heterocycles. The summed E-state index contributed by atoms with van der Waals surface area (Å²) in [5, 5.41) is 2.83. The topological polar surface area (TPSA) is 63.7 Å². The third-order valence-electron chi connectivity index (χ3n) is 3.05. The summed E-state index contributed by atoms with van der Waals surface area (Å²) in [5.41, 5.74) is 0.320.